The van der Waals surface area contributed by atoms with Crippen LogP contribution in [0.5, 0.6) is 0 Å². The van der Waals surface area contributed by atoms with Gasteiger partial charge in [0.25, 0.3) is 11.8 Å². The fourth-order valence-electron chi connectivity index (χ4n) is 6.21. The van der Waals surface area contributed by atoms with E-state index in [0.717, 1.165) is 0 Å². The number of imidazole rings is 2. The third-order valence-electron chi connectivity index (χ3n) is 9.02. The molecular weight excluding hydrogens is 921 g/mol. The molecule has 0 spiro atoms. The molecule has 10 atom stereocenters. The zero-order valence-electron chi connectivity index (χ0n) is 31.4. The summed E-state index contributed by atoms with van der Waals surface area (Å²) in [4.78, 5) is 61.9. The van der Waals surface area contributed by atoms with Crippen LogP contribution in [-0.2, 0) is 28.1 Å². The first-order valence-electron chi connectivity index (χ1n) is 17.4. The summed E-state index contributed by atoms with van der Waals surface area (Å²) in [7, 11) is -9.72. The second kappa shape index (κ2) is 17.6. The molecule has 6 aromatic rings. The van der Waals surface area contributed by atoms with Gasteiger partial charge >= 0.3 is 15.2 Å². The molecule has 0 aliphatic carbocycles. The minimum Gasteiger partial charge on any atom is -0.422 e. The van der Waals surface area contributed by atoms with Crippen molar-refractivity contribution in [3.63, 3.8) is 0 Å². The van der Waals surface area contributed by atoms with Gasteiger partial charge in [-0.25, -0.2) is 9.97 Å². The fourth-order valence-corrected chi connectivity index (χ4v) is 7.89. The lowest BCUT2D eigenvalue weighted by Gasteiger charge is -2.20. The first-order chi connectivity index (χ1) is 29.1. The van der Waals surface area contributed by atoms with Gasteiger partial charge in [-0.2, -0.15) is 19.9 Å². The SMILES string of the molecule is Cc1nnc(C(OC[C@H]2O[C@@H](n3cnc4c(N)nc(Cl)nc43)[C@H](O)[C@@H]2O)P(=O)(O)O)o1.Cc1nnc(C(OC[C@H]2O[C@@H](n3cnc4c(N)nc(Cl)nc43)[C@H](O)[C@@H]2O)P(=O)(O)O)o1. The van der Waals surface area contributed by atoms with Gasteiger partial charge < -0.3 is 79.2 Å². The molecule has 2 aliphatic rings. The van der Waals surface area contributed by atoms with Crippen LogP contribution in [0.2, 0.25) is 10.6 Å². The summed E-state index contributed by atoms with van der Waals surface area (Å²) in [6.07, 6.45) is -8.00. The number of nitrogens with two attached hydrogens (primary N) is 2. The van der Waals surface area contributed by atoms with E-state index < -0.39 is 101 Å². The van der Waals surface area contributed by atoms with E-state index in [2.05, 4.69) is 50.3 Å². The molecule has 62 heavy (non-hydrogen) atoms. The van der Waals surface area contributed by atoms with Crippen LogP contribution >= 0.6 is 38.4 Å². The van der Waals surface area contributed by atoms with Gasteiger partial charge in [0.15, 0.2) is 35.4 Å². The maximum atomic E-state index is 11.8. The third kappa shape index (κ3) is 9.26. The van der Waals surface area contributed by atoms with Crippen molar-refractivity contribution < 1.29 is 76.9 Å². The Morgan fingerprint density at radius 1 is 0.661 bits per heavy atom. The van der Waals surface area contributed by atoms with E-state index in [1.807, 2.05) is 0 Å². The second-order valence-electron chi connectivity index (χ2n) is 13.4. The lowest BCUT2D eigenvalue weighted by Crippen LogP contribution is -2.34. The number of nitrogen functional groups attached to an aromatic ring is 2. The number of hydrogen-bond donors (Lipinski definition) is 10. The maximum Gasteiger partial charge on any atom is 0.363 e. The van der Waals surface area contributed by atoms with E-state index in [-0.39, 0.29) is 56.3 Å². The Kier molecular flexibility index (Phi) is 12.9. The highest BCUT2D eigenvalue weighted by atomic mass is 35.5. The van der Waals surface area contributed by atoms with E-state index in [1.54, 1.807) is 0 Å². The molecule has 30 nitrogen and oxygen atoms in total. The van der Waals surface area contributed by atoms with Gasteiger partial charge in [-0.05, 0) is 23.2 Å². The third-order valence-corrected chi connectivity index (χ3v) is 11.3. The summed E-state index contributed by atoms with van der Waals surface area (Å²) >= 11 is 11.7. The molecule has 0 saturated carbocycles. The Labute approximate surface area is 354 Å². The summed E-state index contributed by atoms with van der Waals surface area (Å²) in [6, 6.07) is 0. The van der Waals surface area contributed by atoms with Crippen molar-refractivity contribution in [2.24, 2.45) is 0 Å². The van der Waals surface area contributed by atoms with E-state index >= 15 is 0 Å². The molecular formula is C28H34Cl2N14O16P2. The molecule has 0 amide bonds. The van der Waals surface area contributed by atoms with Gasteiger partial charge in [0.1, 0.15) is 47.7 Å². The van der Waals surface area contributed by atoms with Crippen LogP contribution < -0.4 is 11.5 Å². The summed E-state index contributed by atoms with van der Waals surface area (Å²) in [5, 5.41) is 55.5. The molecule has 8 heterocycles. The predicted octanol–water partition coefficient (Wildman–Crippen LogP) is -1.47. The zero-order chi connectivity index (χ0) is 45.0. The quantitative estimate of drug-likeness (QED) is 0.0494. The predicted molar refractivity (Wildman–Crippen MR) is 201 cm³/mol. The van der Waals surface area contributed by atoms with Crippen LogP contribution in [0.25, 0.3) is 22.3 Å². The average Bonchev–Trinajstić information content (AvgIpc) is 4.04. The highest BCUT2D eigenvalue weighted by Crippen LogP contribution is 2.53. The number of nitrogens with zero attached hydrogens (tertiary/aromatic N) is 12. The van der Waals surface area contributed by atoms with Gasteiger partial charge in [-0.3, -0.25) is 18.3 Å². The van der Waals surface area contributed by atoms with E-state index in [4.69, 9.17) is 62.5 Å². The molecule has 2 fully saturated rings. The molecule has 0 radical (unpaired) electrons. The number of anilines is 2. The highest BCUT2D eigenvalue weighted by molar-refractivity contribution is 7.52. The number of halogens is 2. The van der Waals surface area contributed by atoms with E-state index in [9.17, 15) is 49.1 Å². The van der Waals surface area contributed by atoms with E-state index in [0.29, 0.717) is 0 Å². The van der Waals surface area contributed by atoms with Crippen molar-refractivity contribution in [3.05, 3.63) is 46.8 Å². The van der Waals surface area contributed by atoms with Crippen LogP contribution in [0.1, 0.15) is 47.7 Å². The van der Waals surface area contributed by atoms with Crippen LogP contribution in [0, 0.1) is 13.8 Å². The van der Waals surface area contributed by atoms with Gasteiger partial charge in [0, 0.05) is 13.8 Å². The Hall–Kier alpha value is -4.46. The van der Waals surface area contributed by atoms with Crippen LogP contribution in [-0.4, -0.2) is 149 Å². The number of aliphatic hydroxyl groups is 4. The number of rotatable bonds is 12. The summed E-state index contributed by atoms with van der Waals surface area (Å²) in [5.74, 6) is -4.42. The zero-order valence-corrected chi connectivity index (χ0v) is 34.7. The maximum absolute atomic E-state index is 11.8. The fraction of sp³-hybridized carbons (Fsp3) is 0.500. The minimum atomic E-state index is -4.86. The van der Waals surface area contributed by atoms with Crippen molar-refractivity contribution in [3.8, 4) is 0 Å². The van der Waals surface area contributed by atoms with Crippen molar-refractivity contribution in [1.29, 1.82) is 0 Å². The van der Waals surface area contributed by atoms with Crippen molar-refractivity contribution in [2.75, 3.05) is 24.7 Å². The van der Waals surface area contributed by atoms with Gasteiger partial charge in [0.05, 0.1) is 25.9 Å². The monoisotopic (exact) mass is 954 g/mol. The Balaban J connectivity index is 0.000000186. The summed E-state index contributed by atoms with van der Waals surface area (Å²) in [6.45, 7) is 1.85. The highest BCUT2D eigenvalue weighted by Gasteiger charge is 2.48. The van der Waals surface area contributed by atoms with Crippen molar-refractivity contribution in [1.82, 2.24) is 59.4 Å². The molecule has 336 valence electrons. The molecule has 12 N–H and O–H groups in total. The van der Waals surface area contributed by atoms with Gasteiger partial charge in [0.2, 0.25) is 34.0 Å². The molecule has 6 aromatic heterocycles. The lowest BCUT2D eigenvalue weighted by molar-refractivity contribution is -0.0756. The van der Waals surface area contributed by atoms with Crippen LogP contribution in [0.15, 0.2) is 21.5 Å². The molecule has 2 aliphatic heterocycles. The lowest BCUT2D eigenvalue weighted by atomic mass is 10.1. The first-order valence-corrected chi connectivity index (χ1v) is 21.5. The van der Waals surface area contributed by atoms with Crippen molar-refractivity contribution in [2.45, 2.75) is 74.6 Å². The molecule has 2 unspecified atom stereocenters. The molecule has 8 rings (SSSR count). The van der Waals surface area contributed by atoms with Crippen LogP contribution in [0.3, 0.4) is 0 Å². The summed E-state index contributed by atoms with van der Waals surface area (Å²) < 4.78 is 58.1. The first kappa shape index (κ1) is 45.6. The number of aromatic nitrogens is 12. The minimum absolute atomic E-state index is 0.0148. The largest absolute Gasteiger partial charge is 0.422 e. The normalized spacial score (nSPS) is 25.4. The smallest absolute Gasteiger partial charge is 0.363 e. The average molecular weight is 956 g/mol. The molecule has 34 heteroatoms. The van der Waals surface area contributed by atoms with Crippen LogP contribution in [0.4, 0.5) is 11.6 Å². The number of fused-ring (bicyclic) bond motifs is 2. The molecule has 2 saturated heterocycles. The van der Waals surface area contributed by atoms with Gasteiger partial charge in [-0.1, -0.05) is 0 Å². The van der Waals surface area contributed by atoms with Crippen molar-refractivity contribution >= 4 is 72.4 Å². The standard InChI is InChI=1S/2C14H17ClN7O8P/c2*1-4-20-21-11(29-4)13(31(25,26)27)28-2-5-7(23)8(24)12(30-5)22-3-17-6-9(16)18-14(15)19-10(6)22/h2*3,5,7-8,12-13,23-24H,2H2,1H3,(H2,16,18,19)(H2,25,26,27)/t2*5-,7-,8-,12-,13?/m11/s1. The molecule has 0 aromatic carbocycles. The Morgan fingerprint density at radius 2 is 1.03 bits per heavy atom. The Morgan fingerprint density at radius 3 is 1.35 bits per heavy atom. The topological polar surface area (TPSA) is 450 Å². The summed E-state index contributed by atoms with van der Waals surface area (Å²) in [5.41, 5.74) is 12.3. The molecule has 0 bridgehead atoms. The number of aryl methyl sites for hydroxylation is 2. The van der Waals surface area contributed by atoms with Gasteiger partial charge in [-0.15, -0.1) is 20.4 Å². The second-order valence-corrected chi connectivity index (χ2v) is 17.3. The Bertz CT molecular complexity index is 2480. The number of aliphatic hydroxyl groups excluding tert-OH is 4. The number of hydrogen-bond acceptors (Lipinski definition) is 24. The van der Waals surface area contributed by atoms with E-state index in [1.165, 1.54) is 35.6 Å². The number of ether oxygens (including phenoxy) is 4.